The molecule has 158 valence electrons. The van der Waals surface area contributed by atoms with Gasteiger partial charge in [0.25, 0.3) is 0 Å². The SMILES string of the molecule is CCNC(=O)Cn1cc(-c2ccc3c(c2)N(C(=O)C2CC2)C[C@H](C)N3C(C)=O)cn1. The van der Waals surface area contributed by atoms with Gasteiger partial charge in [-0.25, -0.2) is 0 Å². The fourth-order valence-electron chi connectivity index (χ4n) is 4.04. The van der Waals surface area contributed by atoms with E-state index in [0.29, 0.717) is 13.1 Å². The van der Waals surface area contributed by atoms with E-state index in [0.717, 1.165) is 35.3 Å². The van der Waals surface area contributed by atoms with Crippen LogP contribution in [0.5, 0.6) is 0 Å². The highest BCUT2D eigenvalue weighted by molar-refractivity contribution is 6.06. The molecule has 0 unspecified atom stereocenters. The van der Waals surface area contributed by atoms with Gasteiger partial charge in [0.2, 0.25) is 17.7 Å². The highest BCUT2D eigenvalue weighted by Crippen LogP contribution is 2.41. The molecule has 0 spiro atoms. The Balaban J connectivity index is 1.68. The minimum absolute atomic E-state index is 0.0372. The number of hydrogen-bond donors (Lipinski definition) is 1. The minimum Gasteiger partial charge on any atom is -0.355 e. The average Bonchev–Trinajstić information content (AvgIpc) is 3.45. The molecule has 0 radical (unpaired) electrons. The van der Waals surface area contributed by atoms with E-state index in [1.54, 1.807) is 22.7 Å². The molecular weight excluding hydrogens is 382 g/mol. The number of amides is 3. The Labute approximate surface area is 175 Å². The molecule has 1 saturated carbocycles. The van der Waals surface area contributed by atoms with Crippen LogP contribution in [-0.4, -0.2) is 46.6 Å². The first-order valence-electron chi connectivity index (χ1n) is 10.4. The third-order valence-corrected chi connectivity index (χ3v) is 5.59. The summed E-state index contributed by atoms with van der Waals surface area (Å²) in [6.45, 7) is 6.62. The van der Waals surface area contributed by atoms with Gasteiger partial charge >= 0.3 is 0 Å². The molecule has 2 aromatic rings. The molecule has 30 heavy (non-hydrogen) atoms. The summed E-state index contributed by atoms with van der Waals surface area (Å²) in [5.41, 5.74) is 3.26. The van der Waals surface area contributed by atoms with Gasteiger partial charge in [0.05, 0.1) is 23.6 Å². The zero-order valence-corrected chi connectivity index (χ0v) is 17.6. The van der Waals surface area contributed by atoms with Gasteiger partial charge in [-0.15, -0.1) is 0 Å². The summed E-state index contributed by atoms with van der Waals surface area (Å²) in [6.07, 6.45) is 5.39. The molecule has 1 aliphatic heterocycles. The fourth-order valence-corrected chi connectivity index (χ4v) is 4.04. The smallest absolute Gasteiger partial charge is 0.241 e. The molecule has 1 N–H and O–H groups in total. The number of fused-ring (bicyclic) bond motifs is 1. The fraction of sp³-hybridized carbons (Fsp3) is 0.455. The van der Waals surface area contributed by atoms with Crippen molar-refractivity contribution in [2.75, 3.05) is 22.9 Å². The van der Waals surface area contributed by atoms with Crippen LogP contribution < -0.4 is 15.1 Å². The molecule has 8 heteroatoms. The van der Waals surface area contributed by atoms with Crippen LogP contribution in [0.4, 0.5) is 11.4 Å². The largest absolute Gasteiger partial charge is 0.355 e. The summed E-state index contributed by atoms with van der Waals surface area (Å²) in [4.78, 5) is 40.6. The molecule has 1 aromatic carbocycles. The van der Waals surface area contributed by atoms with Gasteiger partial charge in [-0.1, -0.05) is 6.07 Å². The van der Waals surface area contributed by atoms with E-state index < -0.39 is 0 Å². The quantitative estimate of drug-likeness (QED) is 0.820. The minimum atomic E-state index is -0.0927. The molecule has 0 saturated heterocycles. The maximum absolute atomic E-state index is 12.9. The summed E-state index contributed by atoms with van der Waals surface area (Å²) in [5, 5.41) is 7.04. The van der Waals surface area contributed by atoms with Gasteiger partial charge in [-0.3, -0.25) is 19.1 Å². The second-order valence-electron chi connectivity index (χ2n) is 8.04. The first-order valence-corrected chi connectivity index (χ1v) is 10.4. The predicted molar refractivity (Wildman–Crippen MR) is 114 cm³/mol. The maximum atomic E-state index is 12.9. The second-order valence-corrected chi connectivity index (χ2v) is 8.04. The summed E-state index contributed by atoms with van der Waals surface area (Å²) < 4.78 is 1.59. The van der Waals surface area contributed by atoms with E-state index in [1.165, 1.54) is 0 Å². The van der Waals surface area contributed by atoms with Crippen molar-refractivity contribution in [3.05, 3.63) is 30.6 Å². The number of hydrogen-bond acceptors (Lipinski definition) is 4. The highest BCUT2D eigenvalue weighted by Gasteiger charge is 2.39. The van der Waals surface area contributed by atoms with Gasteiger partial charge < -0.3 is 15.1 Å². The molecule has 1 fully saturated rings. The van der Waals surface area contributed by atoms with Crippen molar-refractivity contribution in [3.63, 3.8) is 0 Å². The number of nitrogens with zero attached hydrogens (tertiary/aromatic N) is 4. The lowest BCUT2D eigenvalue weighted by atomic mass is 10.0. The zero-order chi connectivity index (χ0) is 21.4. The van der Waals surface area contributed by atoms with Crippen molar-refractivity contribution >= 4 is 29.1 Å². The van der Waals surface area contributed by atoms with E-state index in [4.69, 9.17) is 0 Å². The number of carbonyl (C=O) groups is 3. The lowest BCUT2D eigenvalue weighted by molar-refractivity contribution is -0.122. The van der Waals surface area contributed by atoms with Crippen LogP contribution in [0.1, 0.15) is 33.6 Å². The van der Waals surface area contributed by atoms with Crippen molar-refractivity contribution in [2.45, 2.75) is 46.2 Å². The second kappa shape index (κ2) is 7.93. The molecule has 3 amide bonds. The topological polar surface area (TPSA) is 87.5 Å². The Morgan fingerprint density at radius 1 is 1.17 bits per heavy atom. The molecule has 1 aliphatic carbocycles. The number of anilines is 2. The first-order chi connectivity index (χ1) is 14.4. The van der Waals surface area contributed by atoms with E-state index in [2.05, 4.69) is 10.4 Å². The van der Waals surface area contributed by atoms with Crippen molar-refractivity contribution in [3.8, 4) is 11.1 Å². The van der Waals surface area contributed by atoms with Gasteiger partial charge in [-0.05, 0) is 44.4 Å². The molecule has 1 aromatic heterocycles. The van der Waals surface area contributed by atoms with Crippen molar-refractivity contribution in [2.24, 2.45) is 5.92 Å². The molecule has 8 nitrogen and oxygen atoms in total. The predicted octanol–water partition coefficient (Wildman–Crippen LogP) is 2.18. The Morgan fingerprint density at radius 2 is 1.93 bits per heavy atom. The van der Waals surface area contributed by atoms with E-state index in [9.17, 15) is 14.4 Å². The molecule has 1 atom stereocenters. The standard InChI is InChI=1S/C22H27N5O3/c1-4-23-21(29)13-25-12-18(10-24-25)17-7-8-19-20(9-17)26(22(30)16-5-6-16)11-14(2)27(19)15(3)28/h7-10,12,14,16H,4-6,11,13H2,1-3H3,(H,23,29)/t14-/m0/s1. The maximum Gasteiger partial charge on any atom is 0.241 e. The molecule has 2 heterocycles. The van der Waals surface area contributed by atoms with Crippen molar-refractivity contribution in [1.82, 2.24) is 15.1 Å². The summed E-state index contributed by atoms with van der Waals surface area (Å²) >= 11 is 0. The first kappa shape index (κ1) is 20.1. The number of carbonyl (C=O) groups excluding carboxylic acids is 3. The highest BCUT2D eigenvalue weighted by atomic mass is 16.2. The Kier molecular flexibility index (Phi) is 5.32. The number of benzene rings is 1. The summed E-state index contributed by atoms with van der Waals surface area (Å²) in [7, 11) is 0. The Hall–Kier alpha value is -3.16. The lowest BCUT2D eigenvalue weighted by Gasteiger charge is -2.41. The van der Waals surface area contributed by atoms with Crippen LogP contribution in [0.2, 0.25) is 0 Å². The average molecular weight is 409 g/mol. The van der Waals surface area contributed by atoms with E-state index in [-0.39, 0.29) is 36.2 Å². The number of rotatable bonds is 5. The molecular formula is C22H27N5O3. The van der Waals surface area contributed by atoms with E-state index >= 15 is 0 Å². The third-order valence-electron chi connectivity index (χ3n) is 5.59. The Morgan fingerprint density at radius 3 is 2.60 bits per heavy atom. The van der Waals surface area contributed by atoms with Crippen LogP contribution in [-0.2, 0) is 20.9 Å². The van der Waals surface area contributed by atoms with Crippen molar-refractivity contribution < 1.29 is 14.4 Å². The van der Waals surface area contributed by atoms with Crippen LogP contribution >= 0.6 is 0 Å². The van der Waals surface area contributed by atoms with Gasteiger partial charge in [-0.2, -0.15) is 5.10 Å². The van der Waals surface area contributed by atoms with E-state index in [1.807, 2.05) is 43.1 Å². The monoisotopic (exact) mass is 409 g/mol. The Bertz CT molecular complexity index is 994. The van der Waals surface area contributed by atoms with Crippen LogP contribution in [0.3, 0.4) is 0 Å². The summed E-state index contributed by atoms with van der Waals surface area (Å²) in [5.74, 6) is 0.0995. The summed E-state index contributed by atoms with van der Waals surface area (Å²) in [6, 6.07) is 5.70. The number of likely N-dealkylation sites (N-methyl/N-ethyl adjacent to an activating group) is 1. The molecule has 0 bridgehead atoms. The van der Waals surface area contributed by atoms with Gasteiger partial charge in [0.15, 0.2) is 0 Å². The van der Waals surface area contributed by atoms with Gasteiger partial charge in [0, 0.05) is 37.7 Å². The zero-order valence-electron chi connectivity index (χ0n) is 17.6. The van der Waals surface area contributed by atoms with Crippen LogP contribution in [0, 0.1) is 5.92 Å². The van der Waals surface area contributed by atoms with Gasteiger partial charge in [0.1, 0.15) is 6.54 Å². The number of aromatic nitrogens is 2. The molecule has 2 aliphatic rings. The third kappa shape index (κ3) is 3.81. The van der Waals surface area contributed by atoms with Crippen LogP contribution in [0.25, 0.3) is 11.1 Å². The van der Waals surface area contributed by atoms with Crippen molar-refractivity contribution in [1.29, 1.82) is 0 Å². The normalized spacial score (nSPS) is 18.2. The lowest BCUT2D eigenvalue weighted by Crippen LogP contribution is -2.51. The van der Waals surface area contributed by atoms with Crippen LogP contribution in [0.15, 0.2) is 30.6 Å². The number of nitrogens with one attached hydrogen (secondary N) is 1. The molecule has 4 rings (SSSR count).